The Balaban J connectivity index is 1.54. The van der Waals surface area contributed by atoms with Crippen molar-refractivity contribution in [3.63, 3.8) is 0 Å². The van der Waals surface area contributed by atoms with E-state index >= 15 is 0 Å². The fourth-order valence-corrected chi connectivity index (χ4v) is 2.98. The largest absolute Gasteiger partial charge is 0.313 e. The molecule has 1 nitrogen and oxygen atoms in total. The van der Waals surface area contributed by atoms with Gasteiger partial charge in [0.2, 0.25) is 0 Å². The fourth-order valence-electron chi connectivity index (χ4n) is 2.98. The molecule has 0 aromatic heterocycles. The topological polar surface area (TPSA) is 12.0 Å². The second-order valence-corrected chi connectivity index (χ2v) is 4.99. The molecule has 1 aromatic rings. The molecule has 0 bridgehead atoms. The van der Waals surface area contributed by atoms with Gasteiger partial charge in [-0.05, 0) is 30.4 Å². The van der Waals surface area contributed by atoms with Crippen molar-refractivity contribution in [2.24, 2.45) is 0 Å². The molecule has 1 saturated carbocycles. The van der Waals surface area contributed by atoms with E-state index in [-0.39, 0.29) is 0 Å². The Morgan fingerprint density at radius 2 is 1.93 bits per heavy atom. The minimum Gasteiger partial charge on any atom is -0.313 e. The van der Waals surface area contributed by atoms with Crippen molar-refractivity contribution >= 4 is 0 Å². The number of nitrogens with one attached hydrogen (secondary N) is 1. The normalized spacial score (nSPS) is 24.9. The zero-order valence-electron chi connectivity index (χ0n) is 9.21. The summed E-state index contributed by atoms with van der Waals surface area (Å²) in [7, 11) is 0. The Labute approximate surface area is 91.9 Å². The first-order chi connectivity index (χ1) is 7.43. The number of hydrogen-bond donors (Lipinski definition) is 1. The van der Waals surface area contributed by atoms with Gasteiger partial charge in [-0.15, -0.1) is 0 Å². The molecule has 80 valence electrons. The van der Waals surface area contributed by atoms with Crippen LogP contribution in [0.4, 0.5) is 0 Å². The molecule has 1 unspecified atom stereocenters. The Bertz CT molecular complexity index is 339. The first-order valence-electron chi connectivity index (χ1n) is 6.24. The van der Waals surface area contributed by atoms with Crippen LogP contribution in [-0.4, -0.2) is 12.6 Å². The number of rotatable bonds is 3. The zero-order valence-corrected chi connectivity index (χ0v) is 9.21. The molecule has 15 heavy (non-hydrogen) atoms. The van der Waals surface area contributed by atoms with Gasteiger partial charge in [0, 0.05) is 18.5 Å². The number of benzene rings is 1. The molecule has 0 amide bonds. The summed E-state index contributed by atoms with van der Waals surface area (Å²) in [5.41, 5.74) is 3.15. The highest BCUT2D eigenvalue weighted by molar-refractivity contribution is 5.40. The van der Waals surface area contributed by atoms with Gasteiger partial charge < -0.3 is 5.32 Å². The maximum absolute atomic E-state index is 3.72. The first-order valence-corrected chi connectivity index (χ1v) is 6.24. The molecule has 1 atom stereocenters. The summed E-state index contributed by atoms with van der Waals surface area (Å²) in [5, 5.41) is 3.72. The third-order valence-electron chi connectivity index (χ3n) is 3.97. The molecule has 0 aliphatic heterocycles. The van der Waals surface area contributed by atoms with Crippen molar-refractivity contribution in [3.8, 4) is 0 Å². The molecule has 3 rings (SSSR count). The van der Waals surface area contributed by atoms with Crippen LogP contribution in [0.25, 0.3) is 0 Å². The summed E-state index contributed by atoms with van der Waals surface area (Å²) < 4.78 is 0. The molecule has 0 spiro atoms. The van der Waals surface area contributed by atoms with Gasteiger partial charge in [-0.2, -0.15) is 0 Å². The van der Waals surface area contributed by atoms with E-state index in [2.05, 4.69) is 29.6 Å². The van der Waals surface area contributed by atoms with Crippen molar-refractivity contribution in [2.75, 3.05) is 6.54 Å². The molecule has 1 aromatic carbocycles. The smallest absolute Gasteiger partial charge is 0.00673 e. The lowest BCUT2D eigenvalue weighted by atomic mass is 9.77. The average molecular weight is 201 g/mol. The van der Waals surface area contributed by atoms with Crippen LogP contribution in [0.3, 0.4) is 0 Å². The summed E-state index contributed by atoms with van der Waals surface area (Å²) in [6, 6.07) is 9.69. The van der Waals surface area contributed by atoms with Crippen molar-refractivity contribution in [2.45, 2.75) is 44.1 Å². The minimum absolute atomic E-state index is 0.793. The molecule has 0 heterocycles. The maximum Gasteiger partial charge on any atom is 0.00673 e. The van der Waals surface area contributed by atoms with Crippen LogP contribution in [0, 0.1) is 0 Å². The number of hydrogen-bond acceptors (Lipinski definition) is 1. The summed E-state index contributed by atoms with van der Waals surface area (Å²) in [5.74, 6) is 0.793. The van der Waals surface area contributed by atoms with Crippen molar-refractivity contribution in [3.05, 3.63) is 35.4 Å². The second-order valence-electron chi connectivity index (χ2n) is 4.99. The van der Waals surface area contributed by atoms with Gasteiger partial charge in [-0.1, -0.05) is 37.1 Å². The zero-order chi connectivity index (χ0) is 10.1. The van der Waals surface area contributed by atoms with Crippen LogP contribution >= 0.6 is 0 Å². The SMILES string of the molecule is c1ccc2c(c1)CC2CNC1CCCC1. The first kappa shape index (κ1) is 9.41. The van der Waals surface area contributed by atoms with Crippen molar-refractivity contribution in [1.29, 1.82) is 0 Å². The van der Waals surface area contributed by atoms with E-state index < -0.39 is 0 Å². The van der Waals surface area contributed by atoms with Gasteiger partial charge in [0.25, 0.3) is 0 Å². The summed E-state index contributed by atoms with van der Waals surface area (Å²) >= 11 is 0. The Morgan fingerprint density at radius 1 is 1.13 bits per heavy atom. The van der Waals surface area contributed by atoms with Crippen molar-refractivity contribution in [1.82, 2.24) is 5.32 Å². The standard InChI is InChI=1S/C14H19N/c1-4-8-14-11(5-1)9-12(14)10-15-13-6-2-3-7-13/h1,4-5,8,12-13,15H,2-3,6-7,9-10H2. The van der Waals surface area contributed by atoms with Gasteiger partial charge in [0.1, 0.15) is 0 Å². The highest BCUT2D eigenvalue weighted by Gasteiger charge is 2.26. The highest BCUT2D eigenvalue weighted by atomic mass is 14.9. The molecule has 2 aliphatic carbocycles. The summed E-state index contributed by atoms with van der Waals surface area (Å²) in [4.78, 5) is 0. The van der Waals surface area contributed by atoms with E-state index in [0.29, 0.717) is 0 Å². The van der Waals surface area contributed by atoms with Crippen LogP contribution in [0.15, 0.2) is 24.3 Å². The molecule has 1 N–H and O–H groups in total. The van der Waals surface area contributed by atoms with Gasteiger partial charge in [0.15, 0.2) is 0 Å². The van der Waals surface area contributed by atoms with E-state index in [4.69, 9.17) is 0 Å². The average Bonchev–Trinajstić information content (AvgIpc) is 2.72. The van der Waals surface area contributed by atoms with Gasteiger partial charge in [-0.3, -0.25) is 0 Å². The van der Waals surface area contributed by atoms with Gasteiger partial charge in [0.05, 0.1) is 0 Å². The highest BCUT2D eigenvalue weighted by Crippen LogP contribution is 2.34. The maximum atomic E-state index is 3.72. The van der Waals surface area contributed by atoms with Gasteiger partial charge in [-0.25, -0.2) is 0 Å². The quantitative estimate of drug-likeness (QED) is 0.793. The number of fused-ring (bicyclic) bond motifs is 1. The predicted molar refractivity (Wildman–Crippen MR) is 63.1 cm³/mol. The van der Waals surface area contributed by atoms with E-state index in [1.165, 1.54) is 38.6 Å². The van der Waals surface area contributed by atoms with Gasteiger partial charge >= 0.3 is 0 Å². The minimum atomic E-state index is 0.793. The molecule has 2 aliphatic rings. The Hall–Kier alpha value is -0.820. The lowest BCUT2D eigenvalue weighted by molar-refractivity contribution is 0.465. The Kier molecular flexibility index (Phi) is 2.49. The lowest BCUT2D eigenvalue weighted by Gasteiger charge is -2.31. The molecular formula is C14H19N. The Morgan fingerprint density at radius 3 is 2.73 bits per heavy atom. The molecule has 0 saturated heterocycles. The van der Waals surface area contributed by atoms with E-state index in [0.717, 1.165) is 12.0 Å². The third kappa shape index (κ3) is 1.81. The predicted octanol–water partition coefficient (Wildman–Crippen LogP) is 2.86. The van der Waals surface area contributed by atoms with E-state index in [1.54, 1.807) is 11.1 Å². The monoisotopic (exact) mass is 201 g/mol. The molecular weight excluding hydrogens is 182 g/mol. The molecule has 0 radical (unpaired) electrons. The van der Waals surface area contributed by atoms with Crippen LogP contribution in [0.5, 0.6) is 0 Å². The molecule has 1 heteroatoms. The fraction of sp³-hybridized carbons (Fsp3) is 0.571. The van der Waals surface area contributed by atoms with Crippen LogP contribution in [0.2, 0.25) is 0 Å². The van der Waals surface area contributed by atoms with Crippen LogP contribution < -0.4 is 5.32 Å². The summed E-state index contributed by atoms with van der Waals surface area (Å²) in [6.07, 6.45) is 6.94. The van der Waals surface area contributed by atoms with Crippen molar-refractivity contribution < 1.29 is 0 Å². The lowest BCUT2D eigenvalue weighted by Crippen LogP contribution is -2.34. The third-order valence-corrected chi connectivity index (χ3v) is 3.97. The summed E-state index contributed by atoms with van der Waals surface area (Å²) in [6.45, 7) is 1.20. The van der Waals surface area contributed by atoms with E-state index in [1.807, 2.05) is 0 Å². The van der Waals surface area contributed by atoms with Crippen LogP contribution in [0.1, 0.15) is 42.7 Å². The van der Waals surface area contributed by atoms with E-state index in [9.17, 15) is 0 Å². The second kappa shape index (κ2) is 3.97. The molecule has 1 fully saturated rings. The van der Waals surface area contributed by atoms with Crippen LogP contribution in [-0.2, 0) is 6.42 Å².